The fourth-order valence-corrected chi connectivity index (χ4v) is 1.61. The summed E-state index contributed by atoms with van der Waals surface area (Å²) in [5.74, 6) is 1.03. The zero-order chi connectivity index (χ0) is 9.10. The zero-order valence-electron chi connectivity index (χ0n) is 8.32. The number of hydrogen-bond acceptors (Lipinski definition) is 2. The Kier molecular flexibility index (Phi) is 4.23. The molecule has 0 aliphatic carbocycles. The molecule has 0 amide bonds. The summed E-state index contributed by atoms with van der Waals surface area (Å²) in [5.41, 5.74) is 1.30. The van der Waals surface area contributed by atoms with E-state index in [1.54, 1.807) is 0 Å². The van der Waals surface area contributed by atoms with Crippen molar-refractivity contribution in [1.82, 2.24) is 5.32 Å². The van der Waals surface area contributed by atoms with Gasteiger partial charge in [0.15, 0.2) is 0 Å². The van der Waals surface area contributed by atoms with Gasteiger partial charge >= 0.3 is 0 Å². The van der Waals surface area contributed by atoms with Crippen molar-refractivity contribution in [2.45, 2.75) is 19.4 Å². The van der Waals surface area contributed by atoms with E-state index in [0.717, 1.165) is 18.9 Å². The lowest BCUT2D eigenvalue weighted by Gasteiger charge is -2.29. The van der Waals surface area contributed by atoms with E-state index in [1.165, 1.54) is 12.0 Å². The molecule has 1 heterocycles. The quantitative estimate of drug-likeness (QED) is 0.834. The monoisotopic (exact) mass is 213 g/mol. The first-order valence-electron chi connectivity index (χ1n) is 4.87. The predicted molar refractivity (Wildman–Crippen MR) is 60.2 cm³/mol. The highest BCUT2D eigenvalue weighted by Crippen LogP contribution is 2.30. The number of benzene rings is 1. The Morgan fingerprint density at radius 2 is 2.14 bits per heavy atom. The lowest BCUT2D eigenvalue weighted by atomic mass is 9.97. The molecule has 1 N–H and O–H groups in total. The molecule has 3 heteroatoms. The Bertz CT molecular complexity index is 286. The van der Waals surface area contributed by atoms with Gasteiger partial charge in [-0.05, 0) is 26.0 Å². The van der Waals surface area contributed by atoms with Crippen LogP contribution in [-0.2, 0) is 0 Å². The minimum atomic E-state index is 0. The van der Waals surface area contributed by atoms with Crippen LogP contribution in [0.3, 0.4) is 0 Å². The van der Waals surface area contributed by atoms with E-state index in [1.807, 2.05) is 19.1 Å². The third kappa shape index (κ3) is 2.20. The molecular formula is C11H16ClNO. The van der Waals surface area contributed by atoms with Gasteiger partial charge in [-0.15, -0.1) is 12.4 Å². The van der Waals surface area contributed by atoms with Crippen molar-refractivity contribution >= 4 is 12.4 Å². The van der Waals surface area contributed by atoms with Crippen LogP contribution in [0.5, 0.6) is 5.75 Å². The highest BCUT2D eigenvalue weighted by atomic mass is 35.5. The molecule has 78 valence electrons. The number of halogens is 1. The van der Waals surface area contributed by atoms with Crippen molar-refractivity contribution in [1.29, 1.82) is 0 Å². The van der Waals surface area contributed by atoms with Gasteiger partial charge in [0, 0.05) is 11.6 Å². The van der Waals surface area contributed by atoms with Crippen molar-refractivity contribution < 1.29 is 4.74 Å². The Balaban J connectivity index is 0.000000980. The van der Waals surface area contributed by atoms with E-state index in [4.69, 9.17) is 4.74 Å². The lowest BCUT2D eigenvalue weighted by molar-refractivity contribution is 0.316. The first kappa shape index (κ1) is 11.3. The van der Waals surface area contributed by atoms with Gasteiger partial charge in [0.1, 0.15) is 5.75 Å². The number of hydrogen-bond donors (Lipinski definition) is 1. The van der Waals surface area contributed by atoms with E-state index in [2.05, 4.69) is 17.4 Å². The molecule has 2 rings (SSSR count). The summed E-state index contributed by atoms with van der Waals surface area (Å²) in [4.78, 5) is 0. The van der Waals surface area contributed by atoms with Gasteiger partial charge in [0.2, 0.25) is 0 Å². The van der Waals surface area contributed by atoms with Gasteiger partial charge in [-0.2, -0.15) is 0 Å². The molecule has 0 spiro atoms. The molecule has 1 fully saturated rings. The van der Waals surface area contributed by atoms with Crippen LogP contribution in [0.15, 0.2) is 24.3 Å². The smallest absolute Gasteiger partial charge is 0.124 e. The average molecular weight is 214 g/mol. The zero-order valence-corrected chi connectivity index (χ0v) is 9.14. The van der Waals surface area contributed by atoms with Gasteiger partial charge < -0.3 is 10.1 Å². The van der Waals surface area contributed by atoms with Crippen LogP contribution in [0.1, 0.15) is 24.9 Å². The summed E-state index contributed by atoms with van der Waals surface area (Å²) in [7, 11) is 0. The van der Waals surface area contributed by atoms with Gasteiger partial charge in [-0.3, -0.25) is 0 Å². The van der Waals surface area contributed by atoms with Crippen LogP contribution in [-0.4, -0.2) is 13.2 Å². The van der Waals surface area contributed by atoms with Crippen LogP contribution in [0.25, 0.3) is 0 Å². The predicted octanol–water partition coefficient (Wildman–Crippen LogP) is 2.54. The van der Waals surface area contributed by atoms with Crippen molar-refractivity contribution in [2.24, 2.45) is 0 Å². The Morgan fingerprint density at radius 1 is 1.43 bits per heavy atom. The van der Waals surface area contributed by atoms with Crippen molar-refractivity contribution in [3.63, 3.8) is 0 Å². The summed E-state index contributed by atoms with van der Waals surface area (Å²) in [6.45, 7) is 3.89. The maximum Gasteiger partial charge on any atom is 0.124 e. The maximum absolute atomic E-state index is 5.55. The second-order valence-corrected chi connectivity index (χ2v) is 3.27. The number of rotatable bonds is 3. The minimum absolute atomic E-state index is 0. The molecule has 0 unspecified atom stereocenters. The van der Waals surface area contributed by atoms with Crippen LogP contribution >= 0.6 is 12.4 Å². The summed E-state index contributed by atoms with van der Waals surface area (Å²) in [6, 6.07) is 8.79. The molecule has 1 aromatic carbocycles. The average Bonchev–Trinajstić information content (AvgIpc) is 2.05. The van der Waals surface area contributed by atoms with Crippen molar-refractivity contribution in [2.75, 3.05) is 13.2 Å². The lowest BCUT2D eigenvalue weighted by Crippen LogP contribution is -2.35. The Labute approximate surface area is 91.1 Å². The molecule has 1 atom stereocenters. The SMILES string of the molecule is CCOc1ccccc1[C@H]1CCN1.Cl. The first-order valence-corrected chi connectivity index (χ1v) is 4.87. The maximum atomic E-state index is 5.55. The number of para-hydroxylation sites is 1. The van der Waals surface area contributed by atoms with E-state index in [0.29, 0.717) is 6.04 Å². The highest BCUT2D eigenvalue weighted by Gasteiger charge is 2.21. The standard InChI is InChI=1S/C11H15NO.ClH/c1-2-13-11-6-4-3-5-9(11)10-7-8-12-10;/h3-6,10,12H,2,7-8H2,1H3;1H/t10-;/m1./s1. The van der Waals surface area contributed by atoms with Crippen LogP contribution < -0.4 is 10.1 Å². The van der Waals surface area contributed by atoms with E-state index < -0.39 is 0 Å². The number of nitrogens with one attached hydrogen (secondary N) is 1. The molecule has 1 aromatic rings. The van der Waals surface area contributed by atoms with Gasteiger partial charge in [-0.25, -0.2) is 0 Å². The minimum Gasteiger partial charge on any atom is -0.494 e. The first-order chi connectivity index (χ1) is 6.42. The van der Waals surface area contributed by atoms with E-state index in [-0.39, 0.29) is 12.4 Å². The topological polar surface area (TPSA) is 21.3 Å². The molecular weight excluding hydrogens is 198 g/mol. The van der Waals surface area contributed by atoms with Gasteiger partial charge in [0.05, 0.1) is 6.61 Å². The summed E-state index contributed by atoms with van der Waals surface area (Å²) < 4.78 is 5.55. The second kappa shape index (κ2) is 5.23. The van der Waals surface area contributed by atoms with Crippen LogP contribution in [0.2, 0.25) is 0 Å². The molecule has 0 bridgehead atoms. The molecule has 2 nitrogen and oxygen atoms in total. The van der Waals surface area contributed by atoms with E-state index in [9.17, 15) is 0 Å². The molecule has 1 aliphatic rings. The molecule has 14 heavy (non-hydrogen) atoms. The summed E-state index contributed by atoms with van der Waals surface area (Å²) >= 11 is 0. The van der Waals surface area contributed by atoms with Crippen molar-refractivity contribution in [3.8, 4) is 5.75 Å². The fourth-order valence-electron chi connectivity index (χ4n) is 1.61. The Morgan fingerprint density at radius 3 is 2.71 bits per heavy atom. The molecule has 0 aromatic heterocycles. The van der Waals surface area contributed by atoms with E-state index >= 15 is 0 Å². The normalized spacial score (nSPS) is 19.4. The Hall–Kier alpha value is -0.730. The molecule has 0 radical (unpaired) electrons. The van der Waals surface area contributed by atoms with Gasteiger partial charge in [-0.1, -0.05) is 18.2 Å². The number of ether oxygens (including phenoxy) is 1. The van der Waals surface area contributed by atoms with Crippen LogP contribution in [0, 0.1) is 0 Å². The summed E-state index contributed by atoms with van der Waals surface area (Å²) in [5, 5.41) is 3.38. The highest BCUT2D eigenvalue weighted by molar-refractivity contribution is 5.85. The third-order valence-corrected chi connectivity index (χ3v) is 2.42. The van der Waals surface area contributed by atoms with Gasteiger partial charge in [0.25, 0.3) is 0 Å². The molecule has 1 aliphatic heterocycles. The summed E-state index contributed by atoms with van der Waals surface area (Å²) in [6.07, 6.45) is 1.23. The van der Waals surface area contributed by atoms with Crippen LogP contribution in [0.4, 0.5) is 0 Å². The third-order valence-electron chi connectivity index (χ3n) is 2.42. The fraction of sp³-hybridized carbons (Fsp3) is 0.455. The van der Waals surface area contributed by atoms with Crippen molar-refractivity contribution in [3.05, 3.63) is 29.8 Å². The molecule has 0 saturated carbocycles. The second-order valence-electron chi connectivity index (χ2n) is 3.27. The largest absolute Gasteiger partial charge is 0.494 e. The molecule has 1 saturated heterocycles.